The summed E-state index contributed by atoms with van der Waals surface area (Å²) in [5, 5.41) is 10.4. The van der Waals surface area contributed by atoms with E-state index in [2.05, 4.69) is 23.0 Å². The number of hydrogen-bond acceptors (Lipinski definition) is 3. The number of aromatic nitrogens is 1. The molecule has 5 heteroatoms. The highest BCUT2D eigenvalue weighted by Crippen LogP contribution is 2.46. The Balaban J connectivity index is 1.98. The van der Waals surface area contributed by atoms with Gasteiger partial charge in [0.05, 0.1) is 12.0 Å². The second-order valence-electron chi connectivity index (χ2n) is 5.51. The average Bonchev–Trinajstić information content (AvgIpc) is 2.61. The van der Waals surface area contributed by atoms with Gasteiger partial charge in [-0.05, 0) is 44.0 Å². The highest BCUT2D eigenvalue weighted by atomic mass is 35.5. The maximum absolute atomic E-state index is 9.54. The van der Waals surface area contributed by atoms with Crippen LogP contribution in [0.1, 0.15) is 30.7 Å². The van der Waals surface area contributed by atoms with Gasteiger partial charge in [-0.15, -0.1) is 0 Å². The second kappa shape index (κ2) is 4.94. The summed E-state index contributed by atoms with van der Waals surface area (Å²) < 4.78 is 0. The third-order valence-electron chi connectivity index (χ3n) is 4.63. The second-order valence-corrected chi connectivity index (χ2v) is 6.28. The van der Waals surface area contributed by atoms with Gasteiger partial charge in [-0.25, -0.2) is 4.98 Å². The fraction of sp³-hybridized carbons (Fsp3) is 0.571. The lowest BCUT2D eigenvalue weighted by atomic mass is 9.77. The van der Waals surface area contributed by atoms with E-state index < -0.39 is 0 Å². The molecule has 2 bridgehead atoms. The van der Waals surface area contributed by atoms with Crippen molar-refractivity contribution in [1.82, 2.24) is 9.88 Å². The Kier molecular flexibility index (Phi) is 3.42. The zero-order valence-electron chi connectivity index (χ0n) is 10.7. The predicted molar refractivity (Wildman–Crippen MR) is 75.3 cm³/mol. The Labute approximate surface area is 123 Å². The molecule has 0 N–H and O–H groups in total. The first-order valence-electron chi connectivity index (χ1n) is 6.54. The molecular weight excluding hydrogens is 281 g/mol. The molecule has 3 rings (SSSR count). The molecular formula is C14H15Cl2N3. The standard InChI is InChI=1S/C14H15Cl2N3/c1-19-9-2-3-12(19)11(7-17)10(6-9)8-4-13(15)18-14(16)5-8/h4-5,9-12H,2-3,6H2,1H3. The minimum Gasteiger partial charge on any atom is -0.299 e. The number of halogens is 2. The number of rotatable bonds is 1. The first-order valence-corrected chi connectivity index (χ1v) is 7.30. The van der Waals surface area contributed by atoms with Gasteiger partial charge in [0.1, 0.15) is 10.3 Å². The van der Waals surface area contributed by atoms with Gasteiger partial charge in [0, 0.05) is 18.0 Å². The summed E-state index contributed by atoms with van der Waals surface area (Å²) in [6.45, 7) is 0. The van der Waals surface area contributed by atoms with Gasteiger partial charge < -0.3 is 0 Å². The predicted octanol–water partition coefficient (Wildman–Crippen LogP) is 3.48. The lowest BCUT2D eigenvalue weighted by Crippen LogP contribution is -2.45. The van der Waals surface area contributed by atoms with Crippen molar-refractivity contribution < 1.29 is 0 Å². The highest BCUT2D eigenvalue weighted by Gasteiger charge is 2.46. The molecule has 1 aromatic rings. The molecule has 2 fully saturated rings. The van der Waals surface area contributed by atoms with E-state index in [0.717, 1.165) is 18.4 Å². The molecule has 1 aromatic heterocycles. The van der Waals surface area contributed by atoms with Gasteiger partial charge in [0.2, 0.25) is 0 Å². The lowest BCUT2D eigenvalue weighted by Gasteiger charge is -2.40. The molecule has 19 heavy (non-hydrogen) atoms. The van der Waals surface area contributed by atoms with E-state index >= 15 is 0 Å². The molecule has 0 amide bonds. The summed E-state index contributed by atoms with van der Waals surface area (Å²) in [6, 6.07) is 7.14. The van der Waals surface area contributed by atoms with Crippen LogP contribution in [0.15, 0.2) is 12.1 Å². The van der Waals surface area contributed by atoms with E-state index in [9.17, 15) is 5.26 Å². The molecule has 0 aliphatic carbocycles. The maximum atomic E-state index is 9.54. The number of piperidine rings is 1. The molecule has 2 saturated heterocycles. The van der Waals surface area contributed by atoms with Crippen LogP contribution in [-0.4, -0.2) is 29.0 Å². The van der Waals surface area contributed by atoms with Crippen LogP contribution in [0.2, 0.25) is 10.3 Å². The molecule has 0 aromatic carbocycles. The third-order valence-corrected chi connectivity index (χ3v) is 5.02. The summed E-state index contributed by atoms with van der Waals surface area (Å²) in [4.78, 5) is 6.36. The average molecular weight is 296 g/mol. The molecule has 4 unspecified atom stereocenters. The monoisotopic (exact) mass is 295 g/mol. The molecule has 3 nitrogen and oxygen atoms in total. The fourth-order valence-corrected chi connectivity index (χ4v) is 4.16. The topological polar surface area (TPSA) is 39.9 Å². The quantitative estimate of drug-likeness (QED) is 0.745. The van der Waals surface area contributed by atoms with E-state index in [1.165, 1.54) is 6.42 Å². The van der Waals surface area contributed by atoms with Crippen molar-refractivity contribution in [3.63, 3.8) is 0 Å². The van der Waals surface area contributed by atoms with Crippen LogP contribution in [0.5, 0.6) is 0 Å². The van der Waals surface area contributed by atoms with Crippen molar-refractivity contribution in [2.24, 2.45) is 5.92 Å². The van der Waals surface area contributed by atoms with Gasteiger partial charge in [0.25, 0.3) is 0 Å². The van der Waals surface area contributed by atoms with Crippen LogP contribution in [0, 0.1) is 17.2 Å². The Morgan fingerprint density at radius 3 is 2.63 bits per heavy atom. The number of nitriles is 1. The number of pyridine rings is 1. The van der Waals surface area contributed by atoms with Gasteiger partial charge >= 0.3 is 0 Å². The van der Waals surface area contributed by atoms with Crippen LogP contribution < -0.4 is 0 Å². The number of hydrogen-bond donors (Lipinski definition) is 0. The molecule has 4 atom stereocenters. The normalized spacial score (nSPS) is 34.2. The molecule has 2 aliphatic heterocycles. The van der Waals surface area contributed by atoms with Gasteiger partial charge in [0.15, 0.2) is 0 Å². The van der Waals surface area contributed by atoms with Crippen LogP contribution in [-0.2, 0) is 0 Å². The van der Waals surface area contributed by atoms with Crippen LogP contribution in [0.4, 0.5) is 0 Å². The SMILES string of the molecule is CN1C2CCC1C(C#N)C(c1cc(Cl)nc(Cl)c1)C2. The number of nitrogens with zero attached hydrogens (tertiary/aromatic N) is 3. The van der Waals surface area contributed by atoms with E-state index in [1.54, 1.807) is 0 Å². The Hall–Kier alpha value is -0.820. The van der Waals surface area contributed by atoms with Crippen molar-refractivity contribution in [1.29, 1.82) is 5.26 Å². The first kappa shape index (κ1) is 13.2. The van der Waals surface area contributed by atoms with Crippen molar-refractivity contribution in [2.75, 3.05) is 7.05 Å². The molecule has 0 saturated carbocycles. The summed E-state index contributed by atoms with van der Waals surface area (Å²) in [5.74, 6) is 0.231. The zero-order chi connectivity index (χ0) is 13.6. The first-order chi connectivity index (χ1) is 9.10. The Bertz CT molecular complexity index is 520. The molecule has 0 radical (unpaired) electrons. The van der Waals surface area contributed by atoms with Crippen molar-refractivity contribution in [3.05, 3.63) is 28.0 Å². The van der Waals surface area contributed by atoms with E-state index in [1.807, 2.05) is 12.1 Å². The van der Waals surface area contributed by atoms with E-state index in [0.29, 0.717) is 22.4 Å². The van der Waals surface area contributed by atoms with E-state index in [4.69, 9.17) is 23.2 Å². The van der Waals surface area contributed by atoms with Crippen LogP contribution >= 0.6 is 23.2 Å². The number of fused-ring (bicyclic) bond motifs is 2. The fourth-order valence-electron chi connectivity index (χ4n) is 3.68. The van der Waals surface area contributed by atoms with Crippen molar-refractivity contribution >= 4 is 23.2 Å². The smallest absolute Gasteiger partial charge is 0.131 e. The highest BCUT2D eigenvalue weighted by molar-refractivity contribution is 6.32. The molecule has 100 valence electrons. The summed E-state index contributed by atoms with van der Waals surface area (Å²) >= 11 is 12.0. The van der Waals surface area contributed by atoms with Crippen molar-refractivity contribution in [2.45, 2.75) is 37.3 Å². The van der Waals surface area contributed by atoms with Gasteiger partial charge in [-0.2, -0.15) is 5.26 Å². The van der Waals surface area contributed by atoms with Crippen LogP contribution in [0.25, 0.3) is 0 Å². The minimum atomic E-state index is 0.0123. The van der Waals surface area contributed by atoms with Crippen molar-refractivity contribution in [3.8, 4) is 6.07 Å². The van der Waals surface area contributed by atoms with Crippen LogP contribution in [0.3, 0.4) is 0 Å². The van der Waals surface area contributed by atoms with E-state index in [-0.39, 0.29) is 11.8 Å². The third kappa shape index (κ3) is 2.23. The Morgan fingerprint density at radius 1 is 1.32 bits per heavy atom. The molecule has 3 heterocycles. The largest absolute Gasteiger partial charge is 0.299 e. The summed E-state index contributed by atoms with van der Waals surface area (Å²) in [5.41, 5.74) is 1.06. The lowest BCUT2D eigenvalue weighted by molar-refractivity contribution is 0.127. The molecule has 2 aliphatic rings. The summed E-state index contributed by atoms with van der Waals surface area (Å²) in [7, 11) is 2.13. The maximum Gasteiger partial charge on any atom is 0.131 e. The van der Waals surface area contributed by atoms with Gasteiger partial charge in [-0.3, -0.25) is 4.90 Å². The minimum absolute atomic E-state index is 0.0123. The Morgan fingerprint density at radius 2 is 2.00 bits per heavy atom. The summed E-state index contributed by atoms with van der Waals surface area (Å²) in [6.07, 6.45) is 3.30. The zero-order valence-corrected chi connectivity index (χ0v) is 12.2. The van der Waals surface area contributed by atoms with Gasteiger partial charge in [-0.1, -0.05) is 23.2 Å². The molecule has 0 spiro atoms.